The summed E-state index contributed by atoms with van der Waals surface area (Å²) in [5.41, 5.74) is 0.509. The van der Waals surface area contributed by atoms with Gasteiger partial charge in [0.25, 0.3) is 5.56 Å². The maximum absolute atomic E-state index is 12.1. The second-order valence-electron chi connectivity index (χ2n) is 5.50. The second kappa shape index (κ2) is 7.96. The second-order valence-corrected chi connectivity index (χ2v) is 6.31. The van der Waals surface area contributed by atoms with Crippen molar-refractivity contribution >= 4 is 23.2 Å². The summed E-state index contributed by atoms with van der Waals surface area (Å²) < 4.78 is 6.10. The fourth-order valence-electron chi connectivity index (χ4n) is 2.25. The molecule has 0 radical (unpaired) electrons. The average molecular weight is 397 g/mol. The molecule has 1 atom stereocenters. The Labute approximate surface area is 157 Å². The Morgan fingerprint density at radius 2 is 1.96 bits per heavy atom. The molecule has 26 heavy (non-hydrogen) atoms. The van der Waals surface area contributed by atoms with Crippen LogP contribution in [0.3, 0.4) is 0 Å². The minimum Gasteiger partial charge on any atom is -0.392 e. The zero-order valence-corrected chi connectivity index (χ0v) is 14.9. The van der Waals surface area contributed by atoms with E-state index in [0.717, 1.165) is 10.2 Å². The maximum atomic E-state index is 12.1. The molecular formula is C16H14Cl2N4O4. The highest BCUT2D eigenvalue weighted by Crippen LogP contribution is 2.18. The minimum absolute atomic E-state index is 0.0950. The molecule has 0 saturated carbocycles. The van der Waals surface area contributed by atoms with E-state index >= 15 is 0 Å². The Morgan fingerprint density at radius 1 is 1.23 bits per heavy atom. The quantitative estimate of drug-likeness (QED) is 0.651. The number of benzene rings is 1. The van der Waals surface area contributed by atoms with E-state index in [1.807, 2.05) is 0 Å². The lowest BCUT2D eigenvalue weighted by Crippen LogP contribution is -2.25. The summed E-state index contributed by atoms with van der Waals surface area (Å²) >= 11 is 11.7. The van der Waals surface area contributed by atoms with Crippen LogP contribution >= 0.6 is 23.2 Å². The van der Waals surface area contributed by atoms with Gasteiger partial charge in [0.15, 0.2) is 0 Å². The summed E-state index contributed by atoms with van der Waals surface area (Å²) in [6.45, 7) is -0.492. The number of aromatic nitrogens is 4. The highest BCUT2D eigenvalue weighted by Gasteiger charge is 2.18. The third-order valence-corrected chi connectivity index (χ3v) is 4.29. The molecule has 2 N–H and O–H groups in total. The van der Waals surface area contributed by atoms with Crippen LogP contribution in [0.1, 0.15) is 28.9 Å². The predicted molar refractivity (Wildman–Crippen MR) is 92.9 cm³/mol. The van der Waals surface area contributed by atoms with Gasteiger partial charge in [-0.15, -0.1) is 0 Å². The van der Waals surface area contributed by atoms with Crippen molar-refractivity contribution in [2.45, 2.75) is 25.7 Å². The Bertz CT molecular complexity index is 956. The molecule has 0 amide bonds. The van der Waals surface area contributed by atoms with Crippen LogP contribution in [0.2, 0.25) is 10.0 Å². The first kappa shape index (κ1) is 18.5. The van der Waals surface area contributed by atoms with Crippen molar-refractivity contribution in [3.63, 3.8) is 0 Å². The third kappa shape index (κ3) is 4.10. The van der Waals surface area contributed by atoms with E-state index in [2.05, 4.69) is 15.2 Å². The maximum Gasteiger partial charge on any atom is 0.286 e. The number of nitrogens with zero attached hydrogens (tertiary/aromatic N) is 4. The molecule has 8 nitrogen and oxygen atoms in total. The van der Waals surface area contributed by atoms with Gasteiger partial charge in [0.05, 0.1) is 12.8 Å². The van der Waals surface area contributed by atoms with Crippen molar-refractivity contribution in [3.05, 3.63) is 73.7 Å². The summed E-state index contributed by atoms with van der Waals surface area (Å²) in [6.07, 6.45) is 0.598. The van der Waals surface area contributed by atoms with E-state index in [0.29, 0.717) is 5.02 Å². The summed E-state index contributed by atoms with van der Waals surface area (Å²) in [5, 5.41) is 27.4. The first-order valence-corrected chi connectivity index (χ1v) is 8.34. The van der Waals surface area contributed by atoms with E-state index in [4.69, 9.17) is 32.8 Å². The highest BCUT2D eigenvalue weighted by atomic mass is 35.5. The van der Waals surface area contributed by atoms with Crippen LogP contribution in [-0.2, 0) is 19.6 Å². The van der Waals surface area contributed by atoms with E-state index in [1.54, 1.807) is 24.3 Å². The normalized spacial score (nSPS) is 12.3. The topological polar surface area (TPSA) is 114 Å². The molecule has 0 fully saturated rings. The molecule has 1 aromatic carbocycles. The largest absolute Gasteiger partial charge is 0.392 e. The van der Waals surface area contributed by atoms with Crippen molar-refractivity contribution in [2.24, 2.45) is 0 Å². The zero-order chi connectivity index (χ0) is 18.7. The Kier molecular flexibility index (Phi) is 5.67. The molecule has 10 heteroatoms. The van der Waals surface area contributed by atoms with Gasteiger partial charge < -0.3 is 14.7 Å². The molecular weight excluding hydrogens is 383 g/mol. The average Bonchev–Trinajstić information content (AvgIpc) is 3.10. The number of aliphatic hydroxyl groups is 2. The lowest BCUT2D eigenvalue weighted by atomic mass is 10.1. The molecule has 0 unspecified atom stereocenters. The fraction of sp³-hybridized carbons (Fsp3) is 0.250. The van der Waals surface area contributed by atoms with Crippen LogP contribution in [0.5, 0.6) is 0 Å². The molecule has 3 aromatic rings. The van der Waals surface area contributed by atoms with Gasteiger partial charge in [-0.25, -0.2) is 4.68 Å². The van der Waals surface area contributed by atoms with Crippen molar-refractivity contribution < 1.29 is 14.7 Å². The summed E-state index contributed by atoms with van der Waals surface area (Å²) in [6, 6.07) is 7.04. The molecule has 3 rings (SSSR count). The molecule has 0 bridgehead atoms. The van der Waals surface area contributed by atoms with E-state index in [1.165, 1.54) is 6.20 Å². The van der Waals surface area contributed by atoms with Gasteiger partial charge in [-0.1, -0.05) is 40.5 Å². The minimum atomic E-state index is -0.973. The Balaban J connectivity index is 1.72. The first-order chi connectivity index (χ1) is 12.5. The number of rotatable bonds is 6. The molecule has 0 aliphatic heterocycles. The van der Waals surface area contributed by atoms with E-state index in [-0.39, 0.29) is 41.9 Å². The lowest BCUT2D eigenvalue weighted by molar-refractivity contribution is 0.164. The summed E-state index contributed by atoms with van der Waals surface area (Å²) in [4.78, 5) is 16.2. The number of aliphatic hydroxyl groups excluding tert-OH is 2. The molecule has 0 aliphatic rings. The molecule has 2 heterocycles. The molecule has 0 saturated heterocycles. The first-order valence-electron chi connectivity index (χ1n) is 7.58. The molecule has 136 valence electrons. The van der Waals surface area contributed by atoms with Gasteiger partial charge in [-0.05, 0) is 17.7 Å². The van der Waals surface area contributed by atoms with Crippen LogP contribution in [0.4, 0.5) is 0 Å². The molecule has 0 spiro atoms. The standard InChI is InChI=1S/C16H14Cl2N4O4/c17-11-3-1-9(2-4-11)5-12(24)15-20-13(26-21-15)7-22-16(25)14(18)10(8-23)6-19-22/h1-4,6,12,23-24H,5,7-8H2/t12-/m1/s1. The van der Waals surface area contributed by atoms with Crippen LogP contribution in [0.25, 0.3) is 0 Å². The lowest BCUT2D eigenvalue weighted by Gasteiger charge is -2.06. The van der Waals surface area contributed by atoms with Gasteiger partial charge in [-0.3, -0.25) is 4.79 Å². The van der Waals surface area contributed by atoms with Crippen LogP contribution in [-0.4, -0.2) is 30.1 Å². The zero-order valence-electron chi connectivity index (χ0n) is 13.3. The van der Waals surface area contributed by atoms with E-state index in [9.17, 15) is 9.90 Å². The van der Waals surface area contributed by atoms with Gasteiger partial charge in [0.1, 0.15) is 17.7 Å². The number of hydrogen-bond donors (Lipinski definition) is 2. The van der Waals surface area contributed by atoms with Gasteiger partial charge in [-0.2, -0.15) is 10.1 Å². The number of hydrogen-bond acceptors (Lipinski definition) is 7. The van der Waals surface area contributed by atoms with Gasteiger partial charge in [0.2, 0.25) is 11.7 Å². The molecule has 0 aliphatic carbocycles. The highest BCUT2D eigenvalue weighted by molar-refractivity contribution is 6.31. The monoisotopic (exact) mass is 396 g/mol. The van der Waals surface area contributed by atoms with Crippen LogP contribution in [0.15, 0.2) is 39.8 Å². The van der Waals surface area contributed by atoms with Crippen molar-refractivity contribution in [2.75, 3.05) is 0 Å². The van der Waals surface area contributed by atoms with Gasteiger partial charge in [0, 0.05) is 17.0 Å². The van der Waals surface area contributed by atoms with Gasteiger partial charge >= 0.3 is 0 Å². The number of halogens is 2. The van der Waals surface area contributed by atoms with Crippen LogP contribution < -0.4 is 5.56 Å². The van der Waals surface area contributed by atoms with Crippen molar-refractivity contribution in [1.82, 2.24) is 19.9 Å². The summed E-state index contributed by atoms with van der Waals surface area (Å²) in [5.74, 6) is 0.193. The summed E-state index contributed by atoms with van der Waals surface area (Å²) in [7, 11) is 0. The fourth-order valence-corrected chi connectivity index (χ4v) is 2.58. The van der Waals surface area contributed by atoms with Crippen molar-refractivity contribution in [3.8, 4) is 0 Å². The third-order valence-electron chi connectivity index (χ3n) is 3.64. The smallest absolute Gasteiger partial charge is 0.286 e. The SMILES string of the molecule is O=c1c(Cl)c(CO)cnn1Cc1nc([C@H](O)Cc2ccc(Cl)cc2)no1. The predicted octanol–water partition coefficient (Wildman–Crippen LogP) is 1.75. The van der Waals surface area contributed by atoms with Crippen molar-refractivity contribution in [1.29, 1.82) is 0 Å². The molecule has 2 aromatic heterocycles. The Hall–Kier alpha value is -2.26. The van der Waals surface area contributed by atoms with Crippen LogP contribution in [0, 0.1) is 0 Å². The Morgan fingerprint density at radius 3 is 2.65 bits per heavy atom. The van der Waals surface area contributed by atoms with E-state index < -0.39 is 11.7 Å².